The number of nitrogens with zero attached hydrogens (tertiary/aromatic N) is 6. The molecule has 2 aliphatic carbocycles. The summed E-state index contributed by atoms with van der Waals surface area (Å²) in [5, 5.41) is 0. The number of aromatic nitrogens is 6. The predicted molar refractivity (Wildman–Crippen MR) is 127 cm³/mol. The van der Waals surface area contributed by atoms with Crippen molar-refractivity contribution in [1.82, 2.24) is 29.5 Å². The van der Waals surface area contributed by atoms with E-state index in [1.807, 2.05) is 0 Å². The van der Waals surface area contributed by atoms with Crippen molar-refractivity contribution >= 4 is 0 Å². The third kappa shape index (κ3) is 4.77. The average molecular weight is 526 g/mol. The molecule has 0 radical (unpaired) electrons. The molecule has 6 rings (SSSR count). The molecule has 0 N–H and O–H groups in total. The number of halogens is 4. The topological polar surface area (TPSA) is 87.8 Å². The molecule has 8 nitrogen and oxygen atoms in total. The van der Waals surface area contributed by atoms with Gasteiger partial charge < -0.3 is 14.0 Å². The summed E-state index contributed by atoms with van der Waals surface area (Å²) in [6, 6.07) is 5.73. The van der Waals surface area contributed by atoms with E-state index in [9.17, 15) is 13.2 Å². The second kappa shape index (κ2) is 9.34. The first-order valence-corrected chi connectivity index (χ1v) is 12.1. The molecule has 12 heteroatoms. The predicted octanol–water partition coefficient (Wildman–Crippen LogP) is 5.75. The van der Waals surface area contributed by atoms with E-state index in [1.54, 1.807) is 18.3 Å². The lowest BCUT2D eigenvalue weighted by molar-refractivity contribution is -0.140. The van der Waals surface area contributed by atoms with Crippen molar-refractivity contribution in [3.8, 4) is 34.5 Å². The van der Waals surface area contributed by atoms with Gasteiger partial charge in [-0.15, -0.1) is 0 Å². The third-order valence-corrected chi connectivity index (χ3v) is 6.48. The molecule has 0 spiro atoms. The van der Waals surface area contributed by atoms with Crippen molar-refractivity contribution in [3.05, 3.63) is 65.8 Å². The van der Waals surface area contributed by atoms with Crippen LogP contribution in [0, 0.1) is 5.82 Å². The minimum Gasteiger partial charge on any atom is -0.480 e. The van der Waals surface area contributed by atoms with Gasteiger partial charge in [0.25, 0.3) is 0 Å². The minimum absolute atomic E-state index is 0.00394. The van der Waals surface area contributed by atoms with Gasteiger partial charge in [-0.1, -0.05) is 6.07 Å². The smallest absolute Gasteiger partial charge is 0.434 e. The quantitative estimate of drug-likeness (QED) is 0.270. The van der Waals surface area contributed by atoms with E-state index < -0.39 is 17.7 Å². The number of benzene rings is 1. The molecule has 0 aliphatic heterocycles. The first-order chi connectivity index (χ1) is 18.3. The van der Waals surface area contributed by atoms with Crippen molar-refractivity contribution < 1.29 is 27.0 Å². The second-order valence-electron chi connectivity index (χ2n) is 9.32. The van der Waals surface area contributed by atoms with E-state index in [4.69, 9.17) is 9.47 Å². The van der Waals surface area contributed by atoms with Crippen molar-refractivity contribution in [3.63, 3.8) is 0 Å². The monoisotopic (exact) mass is 526 g/mol. The van der Waals surface area contributed by atoms with E-state index in [0.29, 0.717) is 28.7 Å². The van der Waals surface area contributed by atoms with Gasteiger partial charge in [0.2, 0.25) is 11.8 Å². The van der Waals surface area contributed by atoms with Crippen LogP contribution in [0.3, 0.4) is 0 Å². The summed E-state index contributed by atoms with van der Waals surface area (Å²) in [5.41, 5.74) is 0.888. The molecule has 1 aromatic carbocycles. The van der Waals surface area contributed by atoms with Crippen LogP contribution in [0.5, 0.6) is 11.8 Å². The molecular weight excluding hydrogens is 504 g/mol. The summed E-state index contributed by atoms with van der Waals surface area (Å²) in [5.74, 6) is 0.572. The number of imidazole rings is 1. The lowest BCUT2D eigenvalue weighted by atomic mass is 10.1. The molecule has 0 amide bonds. The normalized spacial score (nSPS) is 15.5. The van der Waals surface area contributed by atoms with Gasteiger partial charge in [0, 0.05) is 30.4 Å². The highest BCUT2D eigenvalue weighted by molar-refractivity contribution is 5.66. The van der Waals surface area contributed by atoms with Gasteiger partial charge in [-0.05, 0) is 43.4 Å². The number of hydrogen-bond acceptors (Lipinski definition) is 7. The molecule has 38 heavy (non-hydrogen) atoms. The summed E-state index contributed by atoms with van der Waals surface area (Å²) in [6.07, 6.45) is 2.85. The second-order valence-corrected chi connectivity index (χ2v) is 9.32. The van der Waals surface area contributed by atoms with Gasteiger partial charge in [0.1, 0.15) is 30.1 Å². The zero-order valence-electron chi connectivity index (χ0n) is 20.2. The highest BCUT2D eigenvalue weighted by Crippen LogP contribution is 2.45. The van der Waals surface area contributed by atoms with E-state index in [0.717, 1.165) is 37.6 Å². The number of methoxy groups -OCH3 is 1. The van der Waals surface area contributed by atoms with Crippen LogP contribution in [0.25, 0.3) is 22.8 Å². The molecule has 0 saturated heterocycles. The van der Waals surface area contributed by atoms with Crippen molar-refractivity contribution in [2.24, 2.45) is 0 Å². The van der Waals surface area contributed by atoms with Gasteiger partial charge in [-0.25, -0.2) is 24.3 Å². The molecule has 0 atom stereocenters. The maximum atomic E-state index is 15.1. The maximum Gasteiger partial charge on any atom is 0.434 e. The van der Waals surface area contributed by atoms with E-state index >= 15 is 4.39 Å². The van der Waals surface area contributed by atoms with E-state index in [-0.39, 0.29) is 29.9 Å². The Bertz CT molecular complexity index is 1500. The molecule has 3 aromatic heterocycles. The zero-order valence-corrected chi connectivity index (χ0v) is 20.2. The van der Waals surface area contributed by atoms with Crippen molar-refractivity contribution in [2.45, 2.75) is 50.4 Å². The molecule has 2 fully saturated rings. The zero-order chi connectivity index (χ0) is 26.4. The number of rotatable bonds is 8. The molecule has 2 aliphatic rings. The summed E-state index contributed by atoms with van der Waals surface area (Å²) in [6.45, 7) is -0.0174. The number of alkyl halides is 3. The first-order valence-electron chi connectivity index (χ1n) is 12.1. The van der Waals surface area contributed by atoms with Gasteiger partial charge in [0.05, 0.1) is 18.4 Å². The van der Waals surface area contributed by atoms with Crippen LogP contribution in [0.2, 0.25) is 0 Å². The van der Waals surface area contributed by atoms with Gasteiger partial charge in [-0.2, -0.15) is 18.2 Å². The Hall–Kier alpha value is -4.09. The lowest BCUT2D eigenvalue weighted by Gasteiger charge is -2.12. The van der Waals surface area contributed by atoms with Crippen molar-refractivity contribution in [1.29, 1.82) is 0 Å². The highest BCUT2D eigenvalue weighted by atomic mass is 19.4. The van der Waals surface area contributed by atoms with Crippen LogP contribution in [0.4, 0.5) is 17.6 Å². The first kappa shape index (κ1) is 24.3. The summed E-state index contributed by atoms with van der Waals surface area (Å²) < 4.78 is 67.4. The Balaban J connectivity index is 1.23. The molecular formula is C26H22F4N6O2. The van der Waals surface area contributed by atoms with Crippen molar-refractivity contribution in [2.75, 3.05) is 7.11 Å². The van der Waals surface area contributed by atoms with Crippen LogP contribution in [-0.2, 0) is 12.8 Å². The SMILES string of the molecule is COc1ncnc(C2CC2)c1-c1nccc(OCc2ccc(-c3nc(C(F)(F)F)cn3C3CC3)c(F)c2)n1. The fourth-order valence-corrected chi connectivity index (χ4v) is 4.30. The van der Waals surface area contributed by atoms with Crippen LogP contribution < -0.4 is 9.47 Å². The third-order valence-electron chi connectivity index (χ3n) is 6.48. The number of ether oxygens (including phenoxy) is 2. The molecule has 3 heterocycles. The Labute approximate surface area is 214 Å². The minimum atomic E-state index is -4.61. The fraction of sp³-hybridized carbons (Fsp3) is 0.346. The molecule has 0 bridgehead atoms. The van der Waals surface area contributed by atoms with Gasteiger partial charge in [0.15, 0.2) is 11.5 Å². The maximum absolute atomic E-state index is 15.1. The van der Waals surface area contributed by atoms with Gasteiger partial charge in [-0.3, -0.25) is 0 Å². The summed E-state index contributed by atoms with van der Waals surface area (Å²) in [4.78, 5) is 21.1. The molecule has 196 valence electrons. The Morgan fingerprint density at radius 3 is 2.53 bits per heavy atom. The van der Waals surface area contributed by atoms with Crippen LogP contribution in [0.1, 0.15) is 54.6 Å². The number of hydrogen-bond donors (Lipinski definition) is 0. The molecule has 2 saturated carbocycles. The largest absolute Gasteiger partial charge is 0.480 e. The van der Waals surface area contributed by atoms with Crippen LogP contribution in [0.15, 0.2) is 43.0 Å². The standard InChI is InChI=1S/C26H22F4N6O2/c1-37-25-21(22(15-3-4-15)32-13-33-25)23-31-9-8-20(35-23)38-12-14-2-7-17(18(27)10-14)24-34-19(26(28,29)30)11-36(24)16-5-6-16/h2,7-11,13,15-16H,3-6,12H2,1H3. The average Bonchev–Trinajstić information content (AvgIpc) is 3.85. The Morgan fingerprint density at radius 1 is 1.03 bits per heavy atom. The summed E-state index contributed by atoms with van der Waals surface area (Å²) >= 11 is 0. The Kier molecular flexibility index (Phi) is 5.96. The highest BCUT2D eigenvalue weighted by Gasteiger charge is 2.38. The fourth-order valence-electron chi connectivity index (χ4n) is 4.30. The summed E-state index contributed by atoms with van der Waals surface area (Å²) in [7, 11) is 1.52. The van der Waals surface area contributed by atoms with E-state index in [1.165, 1.54) is 30.1 Å². The van der Waals surface area contributed by atoms with E-state index in [2.05, 4.69) is 24.9 Å². The van der Waals surface area contributed by atoms with Gasteiger partial charge >= 0.3 is 6.18 Å². The van der Waals surface area contributed by atoms with Crippen LogP contribution >= 0.6 is 0 Å². The lowest BCUT2D eigenvalue weighted by Crippen LogP contribution is -2.05. The Morgan fingerprint density at radius 2 is 1.84 bits per heavy atom. The van der Waals surface area contributed by atoms with Crippen LogP contribution in [-0.4, -0.2) is 36.6 Å². The molecule has 4 aromatic rings. The molecule has 0 unspecified atom stereocenters.